The SMILES string of the molecule is NC(=O)NC1CCN(Cc2cc(Cl)cc3ccccc23)CC1. The van der Waals surface area contributed by atoms with Crippen LogP contribution in [0, 0.1) is 0 Å². The number of hydrogen-bond acceptors (Lipinski definition) is 2. The zero-order valence-corrected chi connectivity index (χ0v) is 13.1. The summed E-state index contributed by atoms with van der Waals surface area (Å²) in [5, 5.41) is 6.00. The van der Waals surface area contributed by atoms with Gasteiger partial charge in [-0.2, -0.15) is 0 Å². The van der Waals surface area contributed by atoms with Crippen molar-refractivity contribution in [2.45, 2.75) is 25.4 Å². The van der Waals surface area contributed by atoms with Crippen LogP contribution in [-0.2, 0) is 6.54 Å². The van der Waals surface area contributed by atoms with Crippen molar-refractivity contribution in [3.05, 3.63) is 47.0 Å². The topological polar surface area (TPSA) is 58.4 Å². The van der Waals surface area contributed by atoms with Gasteiger partial charge < -0.3 is 11.1 Å². The monoisotopic (exact) mass is 317 g/mol. The van der Waals surface area contributed by atoms with Crippen molar-refractivity contribution >= 4 is 28.4 Å². The van der Waals surface area contributed by atoms with E-state index in [4.69, 9.17) is 17.3 Å². The van der Waals surface area contributed by atoms with E-state index < -0.39 is 6.03 Å². The lowest BCUT2D eigenvalue weighted by Gasteiger charge is -2.32. The molecule has 0 unspecified atom stereocenters. The molecule has 0 saturated carbocycles. The normalized spacial score (nSPS) is 16.8. The van der Waals surface area contributed by atoms with Crippen molar-refractivity contribution in [1.82, 2.24) is 10.2 Å². The number of likely N-dealkylation sites (tertiary alicyclic amines) is 1. The van der Waals surface area contributed by atoms with Crippen LogP contribution in [0.1, 0.15) is 18.4 Å². The predicted octanol–water partition coefficient (Wildman–Crippen LogP) is 3.13. The Morgan fingerprint density at radius 3 is 2.73 bits per heavy atom. The standard InChI is InChI=1S/C17H20ClN3O/c18-14-9-12-3-1-2-4-16(12)13(10-14)11-21-7-5-15(6-8-21)20-17(19)22/h1-4,9-10,15H,5-8,11H2,(H3,19,20,22). The van der Waals surface area contributed by atoms with Crippen LogP contribution in [0.25, 0.3) is 10.8 Å². The first-order chi connectivity index (χ1) is 10.6. The molecule has 3 N–H and O–H groups in total. The Kier molecular flexibility index (Phi) is 4.50. The maximum absolute atomic E-state index is 10.9. The molecule has 2 aromatic carbocycles. The van der Waals surface area contributed by atoms with Gasteiger partial charge in [-0.05, 0) is 41.3 Å². The number of primary amides is 1. The van der Waals surface area contributed by atoms with Gasteiger partial charge in [0.25, 0.3) is 0 Å². The molecular formula is C17H20ClN3O. The smallest absolute Gasteiger partial charge is 0.312 e. The number of carbonyl (C=O) groups is 1. The molecule has 22 heavy (non-hydrogen) atoms. The van der Waals surface area contributed by atoms with Gasteiger partial charge in [-0.1, -0.05) is 35.9 Å². The summed E-state index contributed by atoms with van der Waals surface area (Å²) in [6, 6.07) is 12.1. The van der Waals surface area contributed by atoms with Crippen molar-refractivity contribution in [2.75, 3.05) is 13.1 Å². The summed E-state index contributed by atoms with van der Waals surface area (Å²) in [6.45, 7) is 2.78. The molecule has 0 aromatic heterocycles. The Hall–Kier alpha value is -1.78. The Morgan fingerprint density at radius 1 is 1.27 bits per heavy atom. The summed E-state index contributed by atoms with van der Waals surface area (Å²) in [6.07, 6.45) is 1.86. The van der Waals surface area contributed by atoms with Gasteiger partial charge in [0.1, 0.15) is 0 Å². The average molecular weight is 318 g/mol. The molecule has 1 aliphatic rings. The van der Waals surface area contributed by atoms with Crippen LogP contribution in [0.2, 0.25) is 5.02 Å². The van der Waals surface area contributed by atoms with E-state index in [1.165, 1.54) is 16.3 Å². The van der Waals surface area contributed by atoms with Gasteiger partial charge >= 0.3 is 6.03 Å². The fraction of sp³-hybridized carbons (Fsp3) is 0.353. The van der Waals surface area contributed by atoms with Gasteiger partial charge in [0.05, 0.1) is 0 Å². The van der Waals surface area contributed by atoms with Crippen LogP contribution < -0.4 is 11.1 Å². The number of piperidine rings is 1. The second kappa shape index (κ2) is 6.55. The first-order valence-electron chi connectivity index (χ1n) is 7.57. The number of hydrogen-bond donors (Lipinski definition) is 2. The highest BCUT2D eigenvalue weighted by molar-refractivity contribution is 6.31. The molecule has 1 fully saturated rings. The van der Waals surface area contributed by atoms with Crippen LogP contribution in [0.3, 0.4) is 0 Å². The maximum Gasteiger partial charge on any atom is 0.312 e. The fourth-order valence-electron chi connectivity index (χ4n) is 3.16. The van der Waals surface area contributed by atoms with Gasteiger partial charge in [0, 0.05) is 30.7 Å². The molecule has 2 amide bonds. The van der Waals surface area contributed by atoms with Crippen LogP contribution >= 0.6 is 11.6 Å². The lowest BCUT2D eigenvalue weighted by molar-refractivity contribution is 0.189. The molecule has 1 saturated heterocycles. The van der Waals surface area contributed by atoms with Gasteiger partial charge in [-0.3, -0.25) is 4.90 Å². The van der Waals surface area contributed by atoms with E-state index in [1.807, 2.05) is 12.1 Å². The highest BCUT2D eigenvalue weighted by atomic mass is 35.5. The van der Waals surface area contributed by atoms with E-state index in [-0.39, 0.29) is 6.04 Å². The molecule has 1 aliphatic heterocycles. The molecule has 4 nitrogen and oxygen atoms in total. The minimum absolute atomic E-state index is 0.199. The Balaban J connectivity index is 1.71. The Labute approximate surface area is 135 Å². The van der Waals surface area contributed by atoms with Crippen LogP contribution in [-0.4, -0.2) is 30.1 Å². The maximum atomic E-state index is 10.9. The summed E-state index contributed by atoms with van der Waals surface area (Å²) in [4.78, 5) is 13.3. The number of nitrogens with two attached hydrogens (primary N) is 1. The second-order valence-corrected chi connectivity index (χ2v) is 6.28. The zero-order chi connectivity index (χ0) is 15.5. The van der Waals surface area contributed by atoms with Gasteiger partial charge in [0.15, 0.2) is 0 Å². The molecule has 0 radical (unpaired) electrons. The fourth-order valence-corrected chi connectivity index (χ4v) is 3.41. The van der Waals surface area contributed by atoms with Crippen molar-refractivity contribution in [3.8, 4) is 0 Å². The number of benzene rings is 2. The molecule has 0 aliphatic carbocycles. The van der Waals surface area contributed by atoms with Gasteiger partial charge in [-0.25, -0.2) is 4.79 Å². The molecule has 0 spiro atoms. The van der Waals surface area contributed by atoms with Crippen molar-refractivity contribution < 1.29 is 4.79 Å². The third kappa shape index (κ3) is 3.51. The first-order valence-corrected chi connectivity index (χ1v) is 7.95. The summed E-state index contributed by atoms with van der Waals surface area (Å²) in [5.41, 5.74) is 6.44. The van der Waals surface area contributed by atoms with Crippen molar-refractivity contribution in [3.63, 3.8) is 0 Å². The van der Waals surface area contributed by atoms with E-state index in [0.29, 0.717) is 0 Å². The third-order valence-electron chi connectivity index (χ3n) is 4.24. The number of amides is 2. The molecule has 5 heteroatoms. The van der Waals surface area contributed by atoms with Crippen molar-refractivity contribution in [1.29, 1.82) is 0 Å². The van der Waals surface area contributed by atoms with Gasteiger partial charge in [-0.15, -0.1) is 0 Å². The first kappa shape index (κ1) is 15.1. The number of nitrogens with zero attached hydrogens (tertiary/aromatic N) is 1. The van der Waals surface area contributed by atoms with Crippen molar-refractivity contribution in [2.24, 2.45) is 5.73 Å². The van der Waals surface area contributed by atoms with Crippen LogP contribution in [0.15, 0.2) is 36.4 Å². The van der Waals surface area contributed by atoms with Crippen LogP contribution in [0.5, 0.6) is 0 Å². The molecule has 0 bridgehead atoms. The number of carbonyl (C=O) groups excluding carboxylic acids is 1. The average Bonchev–Trinajstić information content (AvgIpc) is 2.48. The summed E-state index contributed by atoms with van der Waals surface area (Å²) in [5.74, 6) is 0. The number of halogens is 1. The molecular weight excluding hydrogens is 298 g/mol. The summed E-state index contributed by atoms with van der Waals surface area (Å²) >= 11 is 6.24. The number of nitrogens with one attached hydrogen (secondary N) is 1. The van der Waals surface area contributed by atoms with E-state index >= 15 is 0 Å². The highest BCUT2D eigenvalue weighted by Crippen LogP contribution is 2.26. The van der Waals surface area contributed by atoms with E-state index in [2.05, 4.69) is 34.5 Å². The number of fused-ring (bicyclic) bond motifs is 1. The molecule has 3 rings (SSSR count). The minimum atomic E-state index is -0.431. The highest BCUT2D eigenvalue weighted by Gasteiger charge is 2.20. The van der Waals surface area contributed by atoms with E-state index in [9.17, 15) is 4.79 Å². The summed E-state index contributed by atoms with van der Waals surface area (Å²) < 4.78 is 0. The molecule has 1 heterocycles. The minimum Gasteiger partial charge on any atom is -0.352 e. The van der Waals surface area contributed by atoms with Gasteiger partial charge in [0.2, 0.25) is 0 Å². The predicted molar refractivity (Wildman–Crippen MR) is 90.0 cm³/mol. The van der Waals surface area contributed by atoms with E-state index in [1.54, 1.807) is 0 Å². The second-order valence-electron chi connectivity index (χ2n) is 5.85. The lowest BCUT2D eigenvalue weighted by atomic mass is 10.0. The quantitative estimate of drug-likeness (QED) is 0.913. The molecule has 0 atom stereocenters. The third-order valence-corrected chi connectivity index (χ3v) is 4.46. The number of urea groups is 1. The molecule has 2 aromatic rings. The van der Waals surface area contributed by atoms with E-state index in [0.717, 1.165) is 37.5 Å². The van der Waals surface area contributed by atoms with Crippen LogP contribution in [0.4, 0.5) is 4.79 Å². The Morgan fingerprint density at radius 2 is 2.00 bits per heavy atom. The largest absolute Gasteiger partial charge is 0.352 e. The summed E-state index contributed by atoms with van der Waals surface area (Å²) in [7, 11) is 0. The Bertz CT molecular complexity index is 681. The zero-order valence-electron chi connectivity index (χ0n) is 12.4. The number of rotatable bonds is 3. The lowest BCUT2D eigenvalue weighted by Crippen LogP contribution is -2.46. The molecule has 116 valence electrons.